The quantitative estimate of drug-likeness (QED) is 0.753. The molecule has 0 bridgehead atoms. The Labute approximate surface area is 85.3 Å². The average molecular weight is 231 g/mol. The third-order valence-electron chi connectivity index (χ3n) is 1.96. The summed E-state index contributed by atoms with van der Waals surface area (Å²) in [6.45, 7) is 0.386. The fraction of sp³-hybridized carbons (Fsp3) is 0.125. The molecule has 1 aromatic carbocycles. The number of carbonyl (C=O) groups is 1. The molecule has 0 saturated carbocycles. The molecule has 0 aromatic heterocycles. The summed E-state index contributed by atoms with van der Waals surface area (Å²) in [7, 11) is -5.04. The van der Waals surface area contributed by atoms with Gasteiger partial charge in [-0.3, -0.25) is 4.79 Å². The molecule has 1 heterocycles. The minimum absolute atomic E-state index is 0.215. The summed E-state index contributed by atoms with van der Waals surface area (Å²) in [6, 6.07) is 3.98. The zero-order valence-corrected chi connectivity index (χ0v) is 8.17. The van der Waals surface area contributed by atoms with Crippen LogP contribution >= 0.6 is 0 Å². The van der Waals surface area contributed by atoms with Crippen molar-refractivity contribution in [1.29, 1.82) is 0 Å². The van der Waals surface area contributed by atoms with Crippen LogP contribution in [0.1, 0.15) is 15.9 Å². The molecular weight excluding hydrogens is 225 g/mol. The minimum atomic E-state index is -5.04. The van der Waals surface area contributed by atoms with Gasteiger partial charge in [0.1, 0.15) is 5.75 Å². The number of rotatable bonds is 2. The lowest BCUT2D eigenvalue weighted by Crippen LogP contribution is -2.12. The van der Waals surface area contributed by atoms with Crippen molar-refractivity contribution in [3.8, 4) is 5.75 Å². The van der Waals surface area contributed by atoms with E-state index in [2.05, 4.69) is 9.50 Å². The molecular formula is C8H6FNO4S. The van der Waals surface area contributed by atoms with Gasteiger partial charge in [-0.25, -0.2) is 0 Å². The van der Waals surface area contributed by atoms with Crippen molar-refractivity contribution in [2.75, 3.05) is 0 Å². The van der Waals surface area contributed by atoms with Crippen LogP contribution in [0.5, 0.6) is 5.75 Å². The van der Waals surface area contributed by atoms with E-state index in [0.717, 1.165) is 5.56 Å². The van der Waals surface area contributed by atoms with Crippen LogP contribution in [0, 0.1) is 0 Å². The summed E-state index contributed by atoms with van der Waals surface area (Å²) in [5.74, 6) is -0.542. The minimum Gasteiger partial charge on any atom is -0.358 e. The van der Waals surface area contributed by atoms with Crippen LogP contribution in [0.25, 0.3) is 0 Å². The van der Waals surface area contributed by atoms with E-state index in [-0.39, 0.29) is 11.7 Å². The van der Waals surface area contributed by atoms with Gasteiger partial charge in [0, 0.05) is 12.1 Å². The van der Waals surface area contributed by atoms with Crippen molar-refractivity contribution >= 4 is 16.4 Å². The molecule has 0 atom stereocenters. The first kappa shape index (κ1) is 9.91. The van der Waals surface area contributed by atoms with Gasteiger partial charge in [0.2, 0.25) is 0 Å². The molecule has 2 rings (SSSR count). The standard InChI is InChI=1S/C8H6FNO4S/c9-15(12,13)14-6-2-1-5-4-10-8(11)7(5)3-6/h1-3H,4H2,(H,10,11). The average Bonchev–Trinajstić information content (AvgIpc) is 2.45. The number of amides is 1. The predicted molar refractivity (Wildman–Crippen MR) is 48.3 cm³/mol. The van der Waals surface area contributed by atoms with Gasteiger partial charge >= 0.3 is 10.5 Å². The smallest absolute Gasteiger partial charge is 0.358 e. The van der Waals surface area contributed by atoms with Crippen molar-refractivity contribution in [1.82, 2.24) is 5.32 Å². The predicted octanol–water partition coefficient (Wildman–Crippen LogP) is 0.523. The van der Waals surface area contributed by atoms with Gasteiger partial charge in [-0.15, -0.1) is 0 Å². The molecule has 1 amide bonds. The molecule has 0 unspecified atom stereocenters. The largest absolute Gasteiger partial charge is 0.488 e. The maximum Gasteiger partial charge on any atom is 0.488 e. The Morgan fingerprint density at radius 2 is 2.13 bits per heavy atom. The first-order valence-electron chi connectivity index (χ1n) is 4.01. The zero-order chi connectivity index (χ0) is 11.1. The fourth-order valence-corrected chi connectivity index (χ4v) is 1.69. The second-order valence-electron chi connectivity index (χ2n) is 2.98. The Balaban J connectivity index is 2.38. The van der Waals surface area contributed by atoms with E-state index in [0.29, 0.717) is 12.1 Å². The summed E-state index contributed by atoms with van der Waals surface area (Å²) < 4.78 is 36.6. The molecule has 80 valence electrons. The van der Waals surface area contributed by atoms with Crippen molar-refractivity contribution in [2.45, 2.75) is 6.54 Å². The molecule has 0 fully saturated rings. The molecule has 0 aliphatic carbocycles. The van der Waals surface area contributed by atoms with E-state index >= 15 is 0 Å². The number of hydrogen-bond acceptors (Lipinski definition) is 4. The Morgan fingerprint density at radius 3 is 2.80 bits per heavy atom. The first-order chi connectivity index (χ1) is 6.96. The van der Waals surface area contributed by atoms with Crippen LogP contribution in [-0.4, -0.2) is 14.3 Å². The zero-order valence-electron chi connectivity index (χ0n) is 7.36. The molecule has 1 N–H and O–H groups in total. The van der Waals surface area contributed by atoms with E-state index in [1.807, 2.05) is 0 Å². The highest BCUT2D eigenvalue weighted by Crippen LogP contribution is 2.22. The maximum absolute atomic E-state index is 12.2. The van der Waals surface area contributed by atoms with Crippen molar-refractivity contribution in [2.24, 2.45) is 0 Å². The fourth-order valence-electron chi connectivity index (χ4n) is 1.36. The number of nitrogens with one attached hydrogen (secondary N) is 1. The van der Waals surface area contributed by atoms with Crippen LogP contribution in [0.3, 0.4) is 0 Å². The summed E-state index contributed by atoms with van der Waals surface area (Å²) >= 11 is 0. The van der Waals surface area contributed by atoms with Gasteiger partial charge < -0.3 is 9.50 Å². The number of fused-ring (bicyclic) bond motifs is 1. The molecule has 1 aliphatic heterocycles. The molecule has 0 spiro atoms. The van der Waals surface area contributed by atoms with E-state index < -0.39 is 10.5 Å². The summed E-state index contributed by atoms with van der Waals surface area (Å²) in [6.07, 6.45) is 0. The SMILES string of the molecule is O=C1NCc2ccc(OS(=O)(=O)F)cc21. The van der Waals surface area contributed by atoms with Crippen LogP contribution in [-0.2, 0) is 17.0 Å². The van der Waals surface area contributed by atoms with Gasteiger partial charge in [-0.05, 0) is 17.7 Å². The monoisotopic (exact) mass is 231 g/mol. The Bertz CT molecular complexity index is 525. The second kappa shape index (κ2) is 3.20. The molecule has 0 radical (unpaired) electrons. The number of halogens is 1. The van der Waals surface area contributed by atoms with Crippen LogP contribution in [0.2, 0.25) is 0 Å². The Hall–Kier alpha value is -1.63. The second-order valence-corrected chi connectivity index (χ2v) is 3.93. The highest BCUT2D eigenvalue weighted by atomic mass is 32.3. The number of benzene rings is 1. The molecule has 0 saturated heterocycles. The lowest BCUT2D eigenvalue weighted by Gasteiger charge is -2.01. The summed E-state index contributed by atoms with van der Waals surface area (Å²) in [4.78, 5) is 11.2. The summed E-state index contributed by atoms with van der Waals surface area (Å²) in [5.41, 5.74) is 1.03. The maximum atomic E-state index is 12.2. The molecule has 15 heavy (non-hydrogen) atoms. The van der Waals surface area contributed by atoms with E-state index in [4.69, 9.17) is 0 Å². The molecule has 1 aromatic rings. The van der Waals surface area contributed by atoms with Crippen LogP contribution in [0.15, 0.2) is 18.2 Å². The molecule has 1 aliphatic rings. The van der Waals surface area contributed by atoms with Gasteiger partial charge in [0.05, 0.1) is 0 Å². The van der Waals surface area contributed by atoms with Crippen molar-refractivity contribution < 1.29 is 21.3 Å². The van der Waals surface area contributed by atoms with Gasteiger partial charge in [0.25, 0.3) is 5.91 Å². The molecule has 5 nitrogen and oxygen atoms in total. The van der Waals surface area contributed by atoms with Gasteiger partial charge in [0.15, 0.2) is 0 Å². The van der Waals surface area contributed by atoms with Crippen molar-refractivity contribution in [3.05, 3.63) is 29.3 Å². The van der Waals surface area contributed by atoms with Crippen LogP contribution < -0.4 is 9.50 Å². The van der Waals surface area contributed by atoms with E-state index in [9.17, 15) is 17.1 Å². The Morgan fingerprint density at radius 1 is 1.40 bits per heavy atom. The lowest BCUT2D eigenvalue weighted by molar-refractivity contribution is 0.0965. The summed E-state index contributed by atoms with van der Waals surface area (Å²) in [5, 5.41) is 2.54. The van der Waals surface area contributed by atoms with E-state index in [1.165, 1.54) is 18.2 Å². The Kier molecular flexibility index (Phi) is 2.11. The van der Waals surface area contributed by atoms with Crippen LogP contribution in [0.4, 0.5) is 3.89 Å². The number of hydrogen-bond donors (Lipinski definition) is 1. The topological polar surface area (TPSA) is 72.5 Å². The van der Waals surface area contributed by atoms with Gasteiger partial charge in [-0.1, -0.05) is 9.95 Å². The van der Waals surface area contributed by atoms with E-state index in [1.54, 1.807) is 0 Å². The highest BCUT2D eigenvalue weighted by Gasteiger charge is 2.20. The van der Waals surface area contributed by atoms with Gasteiger partial charge in [-0.2, -0.15) is 8.42 Å². The van der Waals surface area contributed by atoms with Crippen molar-refractivity contribution in [3.63, 3.8) is 0 Å². The third kappa shape index (κ3) is 2.07. The third-order valence-corrected chi connectivity index (χ3v) is 2.35. The highest BCUT2D eigenvalue weighted by molar-refractivity contribution is 7.81. The number of carbonyl (C=O) groups excluding carboxylic acids is 1. The normalized spacial score (nSPS) is 14.6. The molecule has 7 heteroatoms. The lowest BCUT2D eigenvalue weighted by atomic mass is 10.1. The first-order valence-corrected chi connectivity index (χ1v) is 5.32.